The average molecular weight is 288 g/mol. The highest BCUT2D eigenvalue weighted by atomic mass is 32.2. The molecule has 1 rings (SSSR count). The van der Waals surface area contributed by atoms with E-state index in [4.69, 9.17) is 5.73 Å². The fourth-order valence-corrected chi connectivity index (χ4v) is 2.90. The zero-order chi connectivity index (χ0) is 14.6. The van der Waals surface area contributed by atoms with Gasteiger partial charge in [-0.1, -0.05) is 11.8 Å². The molecule has 0 aliphatic rings. The van der Waals surface area contributed by atoms with Crippen molar-refractivity contribution in [3.8, 4) is 11.8 Å². The third-order valence-electron chi connectivity index (χ3n) is 1.99. The van der Waals surface area contributed by atoms with E-state index < -0.39 is 32.6 Å². The summed E-state index contributed by atoms with van der Waals surface area (Å²) in [6.07, 6.45) is 0. The number of benzene rings is 1. The molecule has 0 spiro atoms. The normalized spacial score (nSPS) is 11.3. The Bertz CT molecular complexity index is 631. The Labute approximate surface area is 111 Å². The molecule has 0 bridgehead atoms. The molecule has 0 saturated heterocycles. The minimum Gasteiger partial charge on any atom is -0.320 e. The van der Waals surface area contributed by atoms with Gasteiger partial charge >= 0.3 is 0 Å². The zero-order valence-corrected chi connectivity index (χ0v) is 11.3. The van der Waals surface area contributed by atoms with E-state index in [1.807, 2.05) is 0 Å². The quantitative estimate of drug-likeness (QED) is 0.814. The second-order valence-corrected chi connectivity index (χ2v) is 5.70. The monoisotopic (exact) mass is 288 g/mol. The first-order valence-corrected chi connectivity index (χ1v) is 6.96. The number of rotatable bonds is 3. The van der Waals surface area contributed by atoms with E-state index in [-0.39, 0.29) is 12.1 Å². The van der Waals surface area contributed by atoms with Crippen LogP contribution in [0.3, 0.4) is 0 Å². The Morgan fingerprint density at radius 3 is 2.53 bits per heavy atom. The smallest absolute Gasteiger partial charge is 0.244 e. The lowest BCUT2D eigenvalue weighted by Gasteiger charge is -2.12. The van der Waals surface area contributed by atoms with Crippen LogP contribution in [0.4, 0.5) is 8.78 Å². The molecule has 19 heavy (non-hydrogen) atoms. The summed E-state index contributed by atoms with van der Waals surface area (Å²) in [5, 5.41) is 0. The summed E-state index contributed by atoms with van der Waals surface area (Å²) in [7, 11) is -4.10. The van der Waals surface area contributed by atoms with Crippen LogP contribution in [0, 0.1) is 23.5 Å². The van der Waals surface area contributed by atoms with Crippen molar-refractivity contribution in [1.29, 1.82) is 0 Å². The maximum Gasteiger partial charge on any atom is 0.244 e. The second-order valence-electron chi connectivity index (χ2n) is 4.05. The largest absolute Gasteiger partial charge is 0.320 e. The molecule has 0 atom stereocenters. The number of nitrogens with one attached hydrogen (secondary N) is 1. The van der Waals surface area contributed by atoms with Gasteiger partial charge in [0.05, 0.1) is 12.1 Å². The van der Waals surface area contributed by atoms with E-state index in [1.165, 1.54) is 0 Å². The molecule has 7 heteroatoms. The molecule has 0 aromatic heterocycles. The van der Waals surface area contributed by atoms with Gasteiger partial charge in [0.2, 0.25) is 10.0 Å². The third-order valence-corrected chi connectivity index (χ3v) is 3.73. The zero-order valence-electron chi connectivity index (χ0n) is 10.5. The van der Waals surface area contributed by atoms with Crippen LogP contribution < -0.4 is 10.5 Å². The number of hydrogen-bond donors (Lipinski definition) is 2. The van der Waals surface area contributed by atoms with Crippen molar-refractivity contribution in [1.82, 2.24) is 4.72 Å². The van der Waals surface area contributed by atoms with Crippen LogP contribution in [0.5, 0.6) is 0 Å². The first-order valence-electron chi connectivity index (χ1n) is 5.48. The van der Waals surface area contributed by atoms with Crippen LogP contribution in [0.15, 0.2) is 17.0 Å². The molecule has 0 fully saturated rings. The van der Waals surface area contributed by atoms with Gasteiger partial charge in [-0.2, -0.15) is 0 Å². The van der Waals surface area contributed by atoms with E-state index in [0.717, 1.165) is 6.07 Å². The maximum atomic E-state index is 13.7. The van der Waals surface area contributed by atoms with Crippen molar-refractivity contribution in [2.24, 2.45) is 5.73 Å². The van der Waals surface area contributed by atoms with E-state index in [1.54, 1.807) is 13.8 Å². The van der Waals surface area contributed by atoms with Crippen molar-refractivity contribution >= 4 is 10.0 Å². The minimum absolute atomic E-state index is 0.0464. The summed E-state index contributed by atoms with van der Waals surface area (Å²) in [4.78, 5) is -0.663. The van der Waals surface area contributed by atoms with Crippen LogP contribution in [0.1, 0.15) is 19.4 Å². The molecule has 0 amide bonds. The molecule has 0 saturated carbocycles. The van der Waals surface area contributed by atoms with Gasteiger partial charge in [0.15, 0.2) is 0 Å². The van der Waals surface area contributed by atoms with E-state index in [9.17, 15) is 17.2 Å². The Balaban J connectivity index is 3.49. The molecule has 0 unspecified atom stereocenters. The van der Waals surface area contributed by atoms with Crippen LogP contribution in [0.2, 0.25) is 0 Å². The lowest BCUT2D eigenvalue weighted by atomic mass is 10.2. The molecular formula is C12H14F2N2O2S. The van der Waals surface area contributed by atoms with Gasteiger partial charge in [0, 0.05) is 12.1 Å². The Hall–Kier alpha value is -1.49. The summed E-state index contributed by atoms with van der Waals surface area (Å²) in [5.41, 5.74) is 4.91. The van der Waals surface area contributed by atoms with Crippen molar-refractivity contribution in [2.45, 2.75) is 24.8 Å². The van der Waals surface area contributed by atoms with E-state index in [2.05, 4.69) is 16.6 Å². The molecule has 0 radical (unpaired) electrons. The highest BCUT2D eigenvalue weighted by Crippen LogP contribution is 2.21. The number of halogens is 2. The highest BCUT2D eigenvalue weighted by molar-refractivity contribution is 7.89. The molecule has 104 valence electrons. The van der Waals surface area contributed by atoms with Gasteiger partial charge in [-0.15, -0.1) is 0 Å². The lowest BCUT2D eigenvalue weighted by Crippen LogP contribution is -2.31. The van der Waals surface area contributed by atoms with Crippen LogP contribution >= 0.6 is 0 Å². The van der Waals surface area contributed by atoms with Gasteiger partial charge in [0.1, 0.15) is 16.5 Å². The predicted octanol–water partition coefficient (Wildman–Crippen LogP) is 0.962. The van der Waals surface area contributed by atoms with Crippen molar-refractivity contribution in [3.63, 3.8) is 0 Å². The molecule has 4 nitrogen and oxygen atoms in total. The van der Waals surface area contributed by atoms with Crippen LogP contribution in [0.25, 0.3) is 0 Å². The first-order chi connectivity index (χ1) is 8.77. The molecule has 0 heterocycles. The third kappa shape index (κ3) is 3.99. The summed E-state index contributed by atoms with van der Waals surface area (Å²) in [5.74, 6) is 2.65. The lowest BCUT2D eigenvalue weighted by molar-refractivity contribution is 0.537. The van der Waals surface area contributed by atoms with E-state index >= 15 is 0 Å². The fourth-order valence-electron chi connectivity index (χ4n) is 1.44. The standard InChI is InChI=1S/C12H14F2N2O2S/c1-8(2)16-19(17,18)12-9(4-3-5-15)6-10(13)7-11(12)14/h6-8,16H,5,15H2,1-2H3. The Morgan fingerprint density at radius 1 is 1.37 bits per heavy atom. The summed E-state index contributed by atoms with van der Waals surface area (Å²) >= 11 is 0. The molecular weight excluding hydrogens is 274 g/mol. The molecule has 0 aliphatic carbocycles. The molecule has 3 N–H and O–H groups in total. The minimum atomic E-state index is -4.10. The Kier molecular flexibility index (Phi) is 5.00. The second kappa shape index (κ2) is 6.10. The Morgan fingerprint density at radius 2 is 2.00 bits per heavy atom. The van der Waals surface area contributed by atoms with Gasteiger partial charge < -0.3 is 5.73 Å². The average Bonchev–Trinajstić information content (AvgIpc) is 2.22. The van der Waals surface area contributed by atoms with Crippen molar-refractivity contribution in [2.75, 3.05) is 6.54 Å². The van der Waals surface area contributed by atoms with Gasteiger partial charge in [0.25, 0.3) is 0 Å². The van der Waals surface area contributed by atoms with E-state index in [0.29, 0.717) is 6.07 Å². The van der Waals surface area contributed by atoms with Gasteiger partial charge in [-0.25, -0.2) is 21.9 Å². The summed E-state index contributed by atoms with van der Waals surface area (Å²) in [6, 6.07) is 0.938. The first kappa shape index (κ1) is 15.6. The topological polar surface area (TPSA) is 72.2 Å². The number of sulfonamides is 1. The summed E-state index contributed by atoms with van der Waals surface area (Å²) in [6.45, 7) is 3.13. The van der Waals surface area contributed by atoms with Crippen molar-refractivity contribution in [3.05, 3.63) is 29.3 Å². The van der Waals surface area contributed by atoms with Crippen molar-refractivity contribution < 1.29 is 17.2 Å². The number of hydrogen-bond acceptors (Lipinski definition) is 3. The fraction of sp³-hybridized carbons (Fsp3) is 0.333. The molecule has 1 aromatic carbocycles. The summed E-state index contributed by atoms with van der Waals surface area (Å²) < 4.78 is 53.1. The molecule has 0 aliphatic heterocycles. The SMILES string of the molecule is CC(C)NS(=O)(=O)c1c(F)cc(F)cc1C#CCN. The highest BCUT2D eigenvalue weighted by Gasteiger charge is 2.24. The van der Waals surface area contributed by atoms with Crippen LogP contribution in [-0.2, 0) is 10.0 Å². The maximum absolute atomic E-state index is 13.7. The van der Waals surface area contributed by atoms with Gasteiger partial charge in [-0.3, -0.25) is 0 Å². The number of nitrogens with two attached hydrogens (primary N) is 1. The molecule has 1 aromatic rings. The van der Waals surface area contributed by atoms with Crippen LogP contribution in [-0.4, -0.2) is 21.0 Å². The van der Waals surface area contributed by atoms with Gasteiger partial charge in [-0.05, 0) is 19.9 Å². The predicted molar refractivity (Wildman–Crippen MR) is 67.7 cm³/mol.